The molecule has 0 amide bonds. The van der Waals surface area contributed by atoms with Gasteiger partial charge in [0.25, 0.3) is 0 Å². The standard InChI is InChI=1S/C20H26/c1-14(2)10-17-5-3-4-16-8-9-20(13-19(16)17)12-15-6-7-18(20)11-15/h3-6,14,18H,7-13H2,1-2H3. The van der Waals surface area contributed by atoms with Gasteiger partial charge in [-0.25, -0.2) is 0 Å². The normalized spacial score (nSPS) is 30.9. The highest BCUT2D eigenvalue weighted by molar-refractivity contribution is 5.40. The maximum absolute atomic E-state index is 2.53. The topological polar surface area (TPSA) is 0 Å². The monoisotopic (exact) mass is 266 g/mol. The van der Waals surface area contributed by atoms with Crippen LogP contribution in [0.2, 0.25) is 0 Å². The molecule has 3 aliphatic carbocycles. The number of aryl methyl sites for hydroxylation is 1. The van der Waals surface area contributed by atoms with Gasteiger partial charge in [-0.15, -0.1) is 0 Å². The zero-order valence-electron chi connectivity index (χ0n) is 12.9. The maximum Gasteiger partial charge on any atom is -0.0182 e. The minimum atomic E-state index is 0.643. The van der Waals surface area contributed by atoms with Gasteiger partial charge in [-0.1, -0.05) is 43.7 Å². The van der Waals surface area contributed by atoms with Crippen molar-refractivity contribution in [3.8, 4) is 0 Å². The van der Waals surface area contributed by atoms with E-state index in [0.717, 1.165) is 11.8 Å². The van der Waals surface area contributed by atoms with Gasteiger partial charge in [0.1, 0.15) is 0 Å². The van der Waals surface area contributed by atoms with Crippen LogP contribution >= 0.6 is 0 Å². The van der Waals surface area contributed by atoms with Gasteiger partial charge in [-0.05, 0) is 78.9 Å². The highest BCUT2D eigenvalue weighted by atomic mass is 14.5. The second-order valence-electron chi connectivity index (χ2n) is 7.87. The minimum absolute atomic E-state index is 0.643. The molecular formula is C20H26. The Morgan fingerprint density at radius 3 is 2.85 bits per heavy atom. The van der Waals surface area contributed by atoms with Crippen molar-refractivity contribution in [1.82, 2.24) is 0 Å². The van der Waals surface area contributed by atoms with Crippen molar-refractivity contribution in [2.75, 3.05) is 0 Å². The van der Waals surface area contributed by atoms with E-state index in [1.165, 1.54) is 44.9 Å². The van der Waals surface area contributed by atoms with E-state index in [1.54, 1.807) is 22.3 Å². The molecular weight excluding hydrogens is 240 g/mol. The van der Waals surface area contributed by atoms with Crippen molar-refractivity contribution in [2.45, 2.75) is 58.8 Å². The van der Waals surface area contributed by atoms with Crippen LogP contribution in [0.25, 0.3) is 0 Å². The molecule has 0 nitrogen and oxygen atoms in total. The van der Waals surface area contributed by atoms with Gasteiger partial charge >= 0.3 is 0 Å². The third kappa shape index (κ3) is 1.88. The summed E-state index contributed by atoms with van der Waals surface area (Å²) in [6.07, 6.45) is 12.1. The Kier molecular flexibility index (Phi) is 2.84. The SMILES string of the molecule is CC(C)Cc1cccc2c1CC1(CC2)CC2=CCC1C2. The molecule has 1 fully saturated rings. The average Bonchev–Trinajstić information content (AvgIpc) is 3.00. The van der Waals surface area contributed by atoms with Crippen molar-refractivity contribution in [3.63, 3.8) is 0 Å². The second-order valence-corrected chi connectivity index (χ2v) is 7.87. The first-order chi connectivity index (χ1) is 9.66. The average molecular weight is 266 g/mol. The first kappa shape index (κ1) is 12.7. The van der Waals surface area contributed by atoms with Gasteiger partial charge in [0.15, 0.2) is 0 Å². The lowest BCUT2D eigenvalue weighted by Crippen LogP contribution is -2.33. The van der Waals surface area contributed by atoms with Crippen LogP contribution in [0.3, 0.4) is 0 Å². The summed E-state index contributed by atoms with van der Waals surface area (Å²) in [6.45, 7) is 4.70. The Labute approximate surface area is 123 Å². The molecule has 1 aromatic rings. The molecule has 2 bridgehead atoms. The lowest BCUT2D eigenvalue weighted by atomic mass is 9.63. The van der Waals surface area contributed by atoms with Gasteiger partial charge in [-0.2, -0.15) is 0 Å². The Morgan fingerprint density at radius 1 is 1.25 bits per heavy atom. The van der Waals surface area contributed by atoms with Crippen LogP contribution in [-0.4, -0.2) is 0 Å². The van der Waals surface area contributed by atoms with Crippen molar-refractivity contribution in [2.24, 2.45) is 17.3 Å². The number of hydrogen-bond donors (Lipinski definition) is 0. The molecule has 0 aromatic heterocycles. The lowest BCUT2D eigenvalue weighted by Gasteiger charge is -2.41. The van der Waals surface area contributed by atoms with Crippen LogP contribution in [0.5, 0.6) is 0 Å². The molecule has 2 unspecified atom stereocenters. The van der Waals surface area contributed by atoms with Crippen LogP contribution in [0, 0.1) is 17.3 Å². The number of rotatable bonds is 2. The molecule has 0 radical (unpaired) electrons. The highest BCUT2D eigenvalue weighted by Gasteiger charge is 2.48. The molecule has 106 valence electrons. The van der Waals surface area contributed by atoms with Gasteiger partial charge in [0.05, 0.1) is 0 Å². The zero-order valence-corrected chi connectivity index (χ0v) is 12.9. The molecule has 0 heteroatoms. The third-order valence-corrected chi connectivity index (χ3v) is 6.06. The first-order valence-corrected chi connectivity index (χ1v) is 8.44. The number of benzene rings is 1. The van der Waals surface area contributed by atoms with Crippen LogP contribution in [0.15, 0.2) is 29.8 Å². The fraction of sp³-hybridized carbons (Fsp3) is 0.600. The predicted molar refractivity (Wildman–Crippen MR) is 84.9 cm³/mol. The van der Waals surface area contributed by atoms with E-state index in [0.29, 0.717) is 5.41 Å². The summed E-state index contributed by atoms with van der Waals surface area (Å²) in [6, 6.07) is 7.07. The van der Waals surface area contributed by atoms with Crippen LogP contribution in [0.1, 0.15) is 56.2 Å². The van der Waals surface area contributed by atoms with E-state index in [-0.39, 0.29) is 0 Å². The number of fused-ring (bicyclic) bond motifs is 4. The fourth-order valence-corrected chi connectivity index (χ4v) is 5.10. The lowest BCUT2D eigenvalue weighted by molar-refractivity contribution is 0.168. The van der Waals surface area contributed by atoms with Gasteiger partial charge in [-0.3, -0.25) is 0 Å². The molecule has 4 rings (SSSR count). The summed E-state index contributed by atoms with van der Waals surface area (Å²) >= 11 is 0. The van der Waals surface area contributed by atoms with E-state index in [1.807, 2.05) is 0 Å². The molecule has 0 aliphatic heterocycles. The predicted octanol–water partition coefficient (Wildman–Crippen LogP) is 5.10. The molecule has 3 aliphatic rings. The number of hydrogen-bond acceptors (Lipinski definition) is 0. The molecule has 0 saturated heterocycles. The van der Waals surface area contributed by atoms with E-state index in [9.17, 15) is 0 Å². The van der Waals surface area contributed by atoms with Crippen molar-refractivity contribution in [1.29, 1.82) is 0 Å². The van der Waals surface area contributed by atoms with Crippen molar-refractivity contribution >= 4 is 0 Å². The van der Waals surface area contributed by atoms with Gasteiger partial charge in [0, 0.05) is 0 Å². The number of allylic oxidation sites excluding steroid dienone is 2. The Hall–Kier alpha value is -1.04. The highest BCUT2D eigenvalue weighted by Crippen LogP contribution is 2.58. The van der Waals surface area contributed by atoms with Gasteiger partial charge < -0.3 is 0 Å². The van der Waals surface area contributed by atoms with Crippen molar-refractivity contribution in [3.05, 3.63) is 46.5 Å². The smallest absolute Gasteiger partial charge is 0.0182 e. The Balaban J connectivity index is 1.70. The van der Waals surface area contributed by atoms with Crippen LogP contribution < -0.4 is 0 Å². The Morgan fingerprint density at radius 2 is 2.15 bits per heavy atom. The quantitative estimate of drug-likeness (QED) is 0.653. The van der Waals surface area contributed by atoms with E-state index in [2.05, 4.69) is 38.1 Å². The van der Waals surface area contributed by atoms with Crippen LogP contribution in [-0.2, 0) is 19.3 Å². The fourth-order valence-electron chi connectivity index (χ4n) is 5.10. The molecule has 1 aromatic carbocycles. The third-order valence-electron chi connectivity index (χ3n) is 6.06. The summed E-state index contributed by atoms with van der Waals surface area (Å²) < 4.78 is 0. The molecule has 0 heterocycles. The minimum Gasteiger partial charge on any atom is -0.0850 e. The van der Waals surface area contributed by atoms with E-state index in [4.69, 9.17) is 0 Å². The van der Waals surface area contributed by atoms with Crippen molar-refractivity contribution < 1.29 is 0 Å². The molecule has 1 spiro atoms. The van der Waals surface area contributed by atoms with Crippen LogP contribution in [0.4, 0.5) is 0 Å². The van der Waals surface area contributed by atoms with Gasteiger partial charge in [0.2, 0.25) is 0 Å². The summed E-state index contributed by atoms with van der Waals surface area (Å²) in [5.41, 5.74) is 7.46. The maximum atomic E-state index is 2.53. The second kappa shape index (κ2) is 4.48. The largest absolute Gasteiger partial charge is 0.0850 e. The van der Waals surface area contributed by atoms with E-state index < -0.39 is 0 Å². The molecule has 2 atom stereocenters. The molecule has 20 heavy (non-hydrogen) atoms. The summed E-state index contributed by atoms with van der Waals surface area (Å²) in [5.74, 6) is 1.74. The first-order valence-electron chi connectivity index (χ1n) is 8.44. The summed E-state index contributed by atoms with van der Waals surface area (Å²) in [7, 11) is 0. The summed E-state index contributed by atoms with van der Waals surface area (Å²) in [5, 5.41) is 0. The van der Waals surface area contributed by atoms with E-state index >= 15 is 0 Å². The Bertz CT molecular complexity index is 563. The molecule has 1 saturated carbocycles. The zero-order chi connectivity index (χ0) is 13.7. The summed E-state index contributed by atoms with van der Waals surface area (Å²) in [4.78, 5) is 0. The molecule has 0 N–H and O–H groups in total.